The molecule has 0 saturated carbocycles. The minimum atomic E-state index is -0.275. The Morgan fingerprint density at radius 3 is 2.78 bits per heavy atom. The van der Waals surface area contributed by atoms with Crippen LogP contribution in [0, 0.1) is 0 Å². The van der Waals surface area contributed by atoms with E-state index in [2.05, 4.69) is 34.3 Å². The van der Waals surface area contributed by atoms with Crippen LogP contribution in [0.3, 0.4) is 0 Å². The quantitative estimate of drug-likeness (QED) is 0.461. The number of rotatable bonds is 1. The highest BCUT2D eigenvalue weighted by atomic mass is 32.1. The average molecular weight is 335 g/mol. The maximum atomic E-state index is 12.3. The first kappa shape index (κ1) is 12.9. The highest BCUT2D eigenvalue weighted by Crippen LogP contribution is 2.31. The fourth-order valence-electron chi connectivity index (χ4n) is 2.79. The van der Waals surface area contributed by atoms with E-state index in [4.69, 9.17) is 0 Å². The van der Waals surface area contributed by atoms with Gasteiger partial charge in [0, 0.05) is 5.39 Å². The summed E-state index contributed by atoms with van der Waals surface area (Å²) in [4.78, 5) is 18.0. The first-order chi connectivity index (χ1) is 11.3. The van der Waals surface area contributed by atoms with Crippen molar-refractivity contribution in [3.8, 4) is 10.6 Å². The molecule has 23 heavy (non-hydrogen) atoms. The van der Waals surface area contributed by atoms with Gasteiger partial charge < -0.3 is 0 Å². The third-order valence-corrected chi connectivity index (χ3v) is 5.68. The van der Waals surface area contributed by atoms with Crippen molar-refractivity contribution in [1.82, 2.24) is 14.6 Å². The van der Waals surface area contributed by atoms with Gasteiger partial charge in [0.15, 0.2) is 5.69 Å². The Kier molecular flexibility index (Phi) is 2.65. The van der Waals surface area contributed by atoms with E-state index < -0.39 is 0 Å². The first-order valence-corrected chi connectivity index (χ1v) is 8.76. The fraction of sp³-hybridized carbons (Fsp3) is 0. The van der Waals surface area contributed by atoms with Crippen LogP contribution in [-0.2, 0) is 0 Å². The lowest BCUT2D eigenvalue weighted by Gasteiger charge is -2.01. The Morgan fingerprint density at radius 1 is 1.00 bits per heavy atom. The second-order valence-electron chi connectivity index (χ2n) is 5.17. The van der Waals surface area contributed by atoms with E-state index in [0.29, 0.717) is 10.7 Å². The largest absolute Gasteiger partial charge is 0.301 e. The van der Waals surface area contributed by atoms with Crippen molar-refractivity contribution < 1.29 is 0 Å². The molecule has 110 valence electrons. The van der Waals surface area contributed by atoms with Crippen molar-refractivity contribution in [3.63, 3.8) is 0 Å². The minimum absolute atomic E-state index is 0.275. The number of nitrogens with zero attached hydrogens (tertiary/aromatic N) is 3. The summed E-state index contributed by atoms with van der Waals surface area (Å²) in [5.74, 6) is 0. The number of hydrogen-bond donors (Lipinski definition) is 0. The van der Waals surface area contributed by atoms with Crippen molar-refractivity contribution in [1.29, 1.82) is 0 Å². The molecule has 0 unspecified atom stereocenters. The molecule has 3 aromatic heterocycles. The number of fused-ring (bicyclic) bond motifs is 5. The molecule has 0 fully saturated rings. The molecule has 0 atom stereocenters. The molecular formula is C17H9N3OS2. The van der Waals surface area contributed by atoms with Crippen LogP contribution in [0.5, 0.6) is 0 Å². The maximum Gasteiger partial charge on any atom is 0.301 e. The summed E-state index contributed by atoms with van der Waals surface area (Å²) in [6.45, 7) is 0. The third kappa shape index (κ3) is 1.85. The summed E-state index contributed by atoms with van der Waals surface area (Å²) in [5.41, 5.74) is 1.14. The van der Waals surface area contributed by atoms with Crippen LogP contribution in [-0.4, -0.2) is 14.6 Å². The predicted octanol–water partition coefficient (Wildman–Crippen LogP) is 4.19. The third-order valence-electron chi connectivity index (χ3n) is 3.81. The zero-order valence-corrected chi connectivity index (χ0v) is 13.4. The minimum Gasteiger partial charge on any atom is -0.265 e. The van der Waals surface area contributed by atoms with E-state index in [-0.39, 0.29) is 5.56 Å². The molecule has 0 aliphatic carbocycles. The Balaban J connectivity index is 1.99. The number of thiophene rings is 1. The first-order valence-electron chi connectivity index (χ1n) is 7.06. The van der Waals surface area contributed by atoms with Gasteiger partial charge in [0.1, 0.15) is 0 Å². The van der Waals surface area contributed by atoms with Crippen LogP contribution in [0.25, 0.3) is 36.5 Å². The van der Waals surface area contributed by atoms with Gasteiger partial charge in [0.05, 0.1) is 15.1 Å². The molecule has 0 saturated heterocycles. The van der Waals surface area contributed by atoms with Crippen molar-refractivity contribution in [2.24, 2.45) is 0 Å². The lowest BCUT2D eigenvalue weighted by atomic mass is 10.1. The van der Waals surface area contributed by atoms with E-state index in [0.717, 1.165) is 25.9 Å². The predicted molar refractivity (Wildman–Crippen MR) is 95.5 cm³/mol. The molecule has 4 nitrogen and oxygen atoms in total. The van der Waals surface area contributed by atoms with Crippen molar-refractivity contribution >= 4 is 48.6 Å². The van der Waals surface area contributed by atoms with Gasteiger partial charge in [0.2, 0.25) is 4.96 Å². The Labute approximate surface area is 138 Å². The number of thiazole rings is 1. The summed E-state index contributed by atoms with van der Waals surface area (Å²) < 4.78 is 2.88. The molecule has 0 amide bonds. The van der Waals surface area contributed by atoms with Gasteiger partial charge in [-0.2, -0.15) is 10.1 Å². The highest BCUT2D eigenvalue weighted by Gasteiger charge is 2.14. The fourth-order valence-corrected chi connectivity index (χ4v) is 4.46. The van der Waals surface area contributed by atoms with Gasteiger partial charge >= 0.3 is 5.56 Å². The topological polar surface area (TPSA) is 47.3 Å². The summed E-state index contributed by atoms with van der Waals surface area (Å²) >= 11 is 2.99. The molecule has 2 aromatic carbocycles. The zero-order valence-electron chi connectivity index (χ0n) is 11.8. The van der Waals surface area contributed by atoms with Crippen LogP contribution in [0.1, 0.15) is 0 Å². The van der Waals surface area contributed by atoms with Gasteiger partial charge in [-0.05, 0) is 22.9 Å². The van der Waals surface area contributed by atoms with Crippen molar-refractivity contribution in [3.05, 3.63) is 64.3 Å². The second kappa shape index (κ2) is 4.71. The van der Waals surface area contributed by atoms with Gasteiger partial charge in [-0.25, -0.2) is 4.52 Å². The number of hydrogen-bond acceptors (Lipinski definition) is 5. The molecule has 6 heteroatoms. The van der Waals surface area contributed by atoms with Crippen LogP contribution >= 0.6 is 22.7 Å². The van der Waals surface area contributed by atoms with Gasteiger partial charge in [0.25, 0.3) is 0 Å². The summed E-state index contributed by atoms with van der Waals surface area (Å²) in [7, 11) is 0. The van der Waals surface area contributed by atoms with Gasteiger partial charge in [-0.3, -0.25) is 4.79 Å². The number of benzene rings is 2. The number of aromatic nitrogens is 3. The molecule has 0 spiro atoms. The SMILES string of the molecule is O=c1nc2sc3ccc4ccccc4c3n2nc1-c1cccs1. The van der Waals surface area contributed by atoms with Crippen LogP contribution in [0.4, 0.5) is 0 Å². The lowest BCUT2D eigenvalue weighted by Crippen LogP contribution is -2.13. The summed E-state index contributed by atoms with van der Waals surface area (Å²) in [6.07, 6.45) is 0. The maximum absolute atomic E-state index is 12.3. The summed E-state index contributed by atoms with van der Waals surface area (Å²) in [5, 5.41) is 8.82. The standard InChI is InChI=1S/C17H9N3OS2/c21-16-14(12-6-3-9-22-12)19-20-15-11-5-2-1-4-10(11)7-8-13(15)23-17(20)18-16/h1-9H. The monoisotopic (exact) mass is 335 g/mol. The van der Waals surface area contributed by atoms with Crippen LogP contribution in [0.2, 0.25) is 0 Å². The molecule has 0 radical (unpaired) electrons. The molecule has 0 N–H and O–H groups in total. The summed E-state index contributed by atoms with van der Waals surface area (Å²) in [6, 6.07) is 16.2. The molecule has 0 bridgehead atoms. The second-order valence-corrected chi connectivity index (χ2v) is 7.13. The van der Waals surface area contributed by atoms with Crippen molar-refractivity contribution in [2.75, 3.05) is 0 Å². The molecular weight excluding hydrogens is 326 g/mol. The normalized spacial score (nSPS) is 11.7. The Morgan fingerprint density at radius 2 is 1.91 bits per heavy atom. The molecule has 5 aromatic rings. The van der Waals surface area contributed by atoms with Crippen LogP contribution in [0.15, 0.2) is 58.7 Å². The molecule has 0 aliphatic rings. The molecule has 3 heterocycles. The van der Waals surface area contributed by atoms with E-state index in [1.807, 2.05) is 29.6 Å². The Bertz CT molecular complexity index is 1240. The smallest absolute Gasteiger partial charge is 0.265 e. The van der Waals surface area contributed by atoms with Gasteiger partial charge in [-0.1, -0.05) is 47.7 Å². The molecule has 0 aliphatic heterocycles. The highest BCUT2D eigenvalue weighted by molar-refractivity contribution is 7.23. The van der Waals surface area contributed by atoms with Gasteiger partial charge in [-0.15, -0.1) is 11.3 Å². The molecule has 5 rings (SSSR count). The van der Waals surface area contributed by atoms with E-state index in [1.54, 1.807) is 4.52 Å². The zero-order chi connectivity index (χ0) is 15.4. The van der Waals surface area contributed by atoms with E-state index >= 15 is 0 Å². The van der Waals surface area contributed by atoms with Crippen molar-refractivity contribution in [2.45, 2.75) is 0 Å². The average Bonchev–Trinajstić information content (AvgIpc) is 3.21. The lowest BCUT2D eigenvalue weighted by molar-refractivity contribution is 0.942. The van der Waals surface area contributed by atoms with E-state index in [1.165, 1.54) is 22.7 Å². The van der Waals surface area contributed by atoms with E-state index in [9.17, 15) is 4.79 Å². The van der Waals surface area contributed by atoms with Crippen LogP contribution < -0.4 is 5.56 Å². The Hall–Kier alpha value is -2.57.